The Bertz CT molecular complexity index is 932. The van der Waals surface area contributed by atoms with Gasteiger partial charge in [-0.3, -0.25) is 9.52 Å². The van der Waals surface area contributed by atoms with Crippen molar-refractivity contribution in [2.45, 2.75) is 52.9 Å². The SMILES string of the molecule is CCOC(=O)Cc1ccc(NS(=O)(=O)c2c(C)c(C)c(C)c(C)c2C)cc1. The Balaban J connectivity index is 2.31. The highest BCUT2D eigenvalue weighted by Gasteiger charge is 2.23. The molecule has 0 aliphatic heterocycles. The van der Waals surface area contributed by atoms with Gasteiger partial charge in [-0.25, -0.2) is 8.42 Å². The first-order chi connectivity index (χ1) is 12.6. The quantitative estimate of drug-likeness (QED) is 0.754. The van der Waals surface area contributed by atoms with E-state index in [1.165, 1.54) is 0 Å². The van der Waals surface area contributed by atoms with Crippen LogP contribution in [0.3, 0.4) is 0 Å². The largest absolute Gasteiger partial charge is 0.466 e. The zero-order valence-corrected chi connectivity index (χ0v) is 17.6. The molecule has 0 bridgehead atoms. The molecule has 1 N–H and O–H groups in total. The molecule has 0 fully saturated rings. The summed E-state index contributed by atoms with van der Waals surface area (Å²) >= 11 is 0. The smallest absolute Gasteiger partial charge is 0.310 e. The van der Waals surface area contributed by atoms with E-state index in [-0.39, 0.29) is 12.4 Å². The Hall–Kier alpha value is -2.34. The van der Waals surface area contributed by atoms with Crippen LogP contribution in [0.1, 0.15) is 40.3 Å². The van der Waals surface area contributed by atoms with Crippen LogP contribution >= 0.6 is 0 Å². The van der Waals surface area contributed by atoms with E-state index in [2.05, 4.69) is 4.72 Å². The van der Waals surface area contributed by atoms with Crippen LogP contribution in [-0.4, -0.2) is 21.0 Å². The van der Waals surface area contributed by atoms with Crippen molar-refractivity contribution in [3.63, 3.8) is 0 Å². The number of carbonyl (C=O) groups is 1. The van der Waals surface area contributed by atoms with Crippen molar-refractivity contribution in [1.82, 2.24) is 0 Å². The summed E-state index contributed by atoms with van der Waals surface area (Å²) in [4.78, 5) is 11.9. The van der Waals surface area contributed by atoms with Crippen LogP contribution in [0.15, 0.2) is 29.2 Å². The van der Waals surface area contributed by atoms with Gasteiger partial charge in [-0.1, -0.05) is 12.1 Å². The number of carbonyl (C=O) groups excluding carboxylic acids is 1. The summed E-state index contributed by atoms with van der Waals surface area (Å²) in [6.07, 6.45) is 0.162. The Labute approximate surface area is 161 Å². The minimum Gasteiger partial charge on any atom is -0.466 e. The van der Waals surface area contributed by atoms with Gasteiger partial charge in [-0.05, 0) is 87.1 Å². The van der Waals surface area contributed by atoms with Gasteiger partial charge in [0, 0.05) is 5.69 Å². The maximum Gasteiger partial charge on any atom is 0.310 e. The minimum atomic E-state index is -3.72. The molecule has 0 amide bonds. The van der Waals surface area contributed by atoms with Crippen molar-refractivity contribution in [2.24, 2.45) is 0 Å². The molecule has 0 aliphatic rings. The van der Waals surface area contributed by atoms with Crippen molar-refractivity contribution in [3.8, 4) is 0 Å². The van der Waals surface area contributed by atoms with Crippen molar-refractivity contribution < 1.29 is 17.9 Å². The average molecular weight is 390 g/mol. The summed E-state index contributed by atoms with van der Waals surface area (Å²) in [6, 6.07) is 6.76. The number of nitrogens with one attached hydrogen (secondary N) is 1. The van der Waals surface area contributed by atoms with Crippen LogP contribution in [0, 0.1) is 34.6 Å². The number of hydrogen-bond donors (Lipinski definition) is 1. The molecule has 0 saturated heterocycles. The molecular weight excluding hydrogens is 362 g/mol. The Morgan fingerprint density at radius 3 is 1.85 bits per heavy atom. The van der Waals surface area contributed by atoms with Crippen LogP contribution in [0.25, 0.3) is 0 Å². The molecule has 0 spiro atoms. The van der Waals surface area contributed by atoms with Gasteiger partial charge in [0.15, 0.2) is 0 Å². The van der Waals surface area contributed by atoms with E-state index in [1.54, 1.807) is 31.2 Å². The number of anilines is 1. The first kappa shape index (κ1) is 21.0. The second-order valence-electron chi connectivity index (χ2n) is 6.74. The molecule has 0 saturated carbocycles. The van der Waals surface area contributed by atoms with Gasteiger partial charge in [0.1, 0.15) is 0 Å². The molecule has 0 unspecified atom stereocenters. The summed E-state index contributed by atoms with van der Waals surface area (Å²) < 4.78 is 33.6. The Morgan fingerprint density at radius 2 is 1.37 bits per heavy atom. The van der Waals surface area contributed by atoms with E-state index >= 15 is 0 Å². The zero-order valence-electron chi connectivity index (χ0n) is 16.8. The van der Waals surface area contributed by atoms with Crippen molar-refractivity contribution in [3.05, 3.63) is 57.6 Å². The third-order valence-electron chi connectivity index (χ3n) is 5.06. The molecule has 2 rings (SSSR count). The van der Waals surface area contributed by atoms with Crippen molar-refractivity contribution in [2.75, 3.05) is 11.3 Å². The molecular formula is C21H27NO4S. The lowest BCUT2D eigenvalue weighted by Crippen LogP contribution is -2.17. The first-order valence-corrected chi connectivity index (χ1v) is 10.4. The summed E-state index contributed by atoms with van der Waals surface area (Å²) in [5.74, 6) is -0.303. The van der Waals surface area contributed by atoms with Crippen LogP contribution in [-0.2, 0) is 26.0 Å². The normalized spacial score (nSPS) is 11.3. The number of ether oxygens (including phenoxy) is 1. The third kappa shape index (κ3) is 4.50. The van der Waals surface area contributed by atoms with Crippen LogP contribution in [0.4, 0.5) is 5.69 Å². The fourth-order valence-electron chi connectivity index (χ4n) is 3.14. The first-order valence-electron chi connectivity index (χ1n) is 8.92. The molecule has 5 nitrogen and oxygen atoms in total. The molecule has 2 aromatic rings. The summed E-state index contributed by atoms with van der Waals surface area (Å²) in [7, 11) is -3.72. The standard InChI is InChI=1S/C21H27NO4S/c1-7-26-20(23)12-18-8-10-19(11-9-18)22-27(24,25)21-16(5)14(3)13(2)15(4)17(21)6/h8-11,22H,7,12H2,1-6H3. The van der Waals surface area contributed by atoms with Gasteiger partial charge >= 0.3 is 5.97 Å². The van der Waals surface area contributed by atoms with Crippen LogP contribution in [0.5, 0.6) is 0 Å². The van der Waals surface area contributed by atoms with Crippen molar-refractivity contribution >= 4 is 21.7 Å². The van der Waals surface area contributed by atoms with Gasteiger partial charge in [0.05, 0.1) is 17.9 Å². The maximum atomic E-state index is 13.0. The van der Waals surface area contributed by atoms with Gasteiger partial charge in [0.2, 0.25) is 0 Å². The maximum absolute atomic E-state index is 13.0. The minimum absolute atomic E-state index is 0.162. The molecule has 0 atom stereocenters. The molecule has 0 aliphatic carbocycles. The third-order valence-corrected chi connectivity index (χ3v) is 6.71. The topological polar surface area (TPSA) is 72.5 Å². The highest BCUT2D eigenvalue weighted by atomic mass is 32.2. The molecule has 0 aromatic heterocycles. The van der Waals surface area contributed by atoms with E-state index in [0.29, 0.717) is 17.2 Å². The van der Waals surface area contributed by atoms with Gasteiger partial charge in [-0.15, -0.1) is 0 Å². The summed E-state index contributed by atoms with van der Waals surface area (Å²) in [5, 5.41) is 0. The molecule has 0 heterocycles. The second kappa shape index (κ2) is 8.13. The van der Waals surface area contributed by atoms with Crippen LogP contribution < -0.4 is 4.72 Å². The highest BCUT2D eigenvalue weighted by Crippen LogP contribution is 2.30. The predicted octanol–water partition coefficient (Wildman–Crippen LogP) is 4.14. The van der Waals surface area contributed by atoms with E-state index in [0.717, 1.165) is 33.4 Å². The monoisotopic (exact) mass is 389 g/mol. The van der Waals surface area contributed by atoms with Gasteiger partial charge in [-0.2, -0.15) is 0 Å². The predicted molar refractivity (Wildman–Crippen MR) is 108 cm³/mol. The van der Waals surface area contributed by atoms with Crippen LogP contribution in [0.2, 0.25) is 0 Å². The van der Waals surface area contributed by atoms with E-state index in [4.69, 9.17) is 4.74 Å². The number of hydrogen-bond acceptors (Lipinski definition) is 4. The molecule has 6 heteroatoms. The highest BCUT2D eigenvalue weighted by molar-refractivity contribution is 7.92. The number of sulfonamides is 1. The average Bonchev–Trinajstić information content (AvgIpc) is 2.60. The van der Waals surface area contributed by atoms with Crippen molar-refractivity contribution in [1.29, 1.82) is 0 Å². The summed E-state index contributed by atoms with van der Waals surface area (Å²) in [5.41, 5.74) is 5.85. The number of benzene rings is 2. The fourth-order valence-corrected chi connectivity index (χ4v) is 4.81. The number of esters is 1. The molecule has 2 aromatic carbocycles. The summed E-state index contributed by atoms with van der Waals surface area (Å²) in [6.45, 7) is 11.7. The molecule has 146 valence electrons. The van der Waals surface area contributed by atoms with E-state index in [9.17, 15) is 13.2 Å². The van der Waals surface area contributed by atoms with Gasteiger partial charge < -0.3 is 4.74 Å². The Morgan fingerprint density at radius 1 is 0.889 bits per heavy atom. The Kier molecular flexibility index (Phi) is 6.31. The lowest BCUT2D eigenvalue weighted by atomic mass is 9.95. The lowest BCUT2D eigenvalue weighted by molar-refractivity contribution is -0.142. The fraction of sp³-hybridized carbons (Fsp3) is 0.381. The second-order valence-corrected chi connectivity index (χ2v) is 8.36. The molecule has 27 heavy (non-hydrogen) atoms. The van der Waals surface area contributed by atoms with E-state index < -0.39 is 10.0 Å². The number of rotatable bonds is 6. The van der Waals surface area contributed by atoms with Gasteiger partial charge in [0.25, 0.3) is 10.0 Å². The zero-order chi connectivity index (χ0) is 20.4. The molecule has 0 radical (unpaired) electrons. The lowest BCUT2D eigenvalue weighted by Gasteiger charge is -2.19. The van der Waals surface area contributed by atoms with E-state index in [1.807, 2.05) is 34.6 Å².